The van der Waals surface area contributed by atoms with Gasteiger partial charge in [-0.15, -0.1) is 0 Å². The standard InChI is InChI=1S/C17H18ClN3O/c18-16-11-19-9-8-15(16)17(22)21-10-4-7-14(12-21)20-13-5-2-1-3-6-13/h1-3,5-6,8-9,11,14,20H,4,7,10,12H2/t14-/m1/s1. The van der Waals surface area contributed by atoms with Crippen molar-refractivity contribution in [2.45, 2.75) is 18.9 Å². The number of amides is 1. The summed E-state index contributed by atoms with van der Waals surface area (Å²) in [6, 6.07) is 12.0. The van der Waals surface area contributed by atoms with Crippen LogP contribution in [0.5, 0.6) is 0 Å². The van der Waals surface area contributed by atoms with E-state index < -0.39 is 0 Å². The molecule has 0 unspecified atom stereocenters. The number of benzene rings is 1. The molecule has 1 fully saturated rings. The van der Waals surface area contributed by atoms with Gasteiger partial charge in [-0.1, -0.05) is 29.8 Å². The predicted octanol–water partition coefficient (Wildman–Crippen LogP) is 3.45. The number of hydrogen-bond donors (Lipinski definition) is 1. The zero-order valence-electron chi connectivity index (χ0n) is 12.2. The third-order valence-electron chi connectivity index (χ3n) is 3.86. The zero-order chi connectivity index (χ0) is 15.4. The highest BCUT2D eigenvalue weighted by atomic mass is 35.5. The number of aromatic nitrogens is 1. The first-order valence-corrected chi connectivity index (χ1v) is 7.82. The van der Waals surface area contributed by atoms with Crippen LogP contribution in [0, 0.1) is 0 Å². The number of halogens is 1. The molecule has 1 atom stereocenters. The van der Waals surface area contributed by atoms with Crippen LogP contribution in [0.15, 0.2) is 48.8 Å². The number of carbonyl (C=O) groups is 1. The number of piperidine rings is 1. The Hall–Kier alpha value is -2.07. The maximum absolute atomic E-state index is 12.6. The number of likely N-dealkylation sites (tertiary alicyclic amines) is 1. The average Bonchev–Trinajstić information content (AvgIpc) is 2.56. The summed E-state index contributed by atoms with van der Waals surface area (Å²) >= 11 is 6.08. The molecule has 1 aliphatic rings. The lowest BCUT2D eigenvalue weighted by Gasteiger charge is -2.34. The Balaban J connectivity index is 1.68. The summed E-state index contributed by atoms with van der Waals surface area (Å²) < 4.78 is 0. The van der Waals surface area contributed by atoms with Crippen LogP contribution in [-0.2, 0) is 0 Å². The number of pyridine rings is 1. The molecule has 0 radical (unpaired) electrons. The normalized spacial score (nSPS) is 18.0. The first kappa shape index (κ1) is 14.9. The fraction of sp³-hybridized carbons (Fsp3) is 0.294. The molecule has 0 bridgehead atoms. The maximum Gasteiger partial charge on any atom is 0.255 e. The third kappa shape index (κ3) is 3.39. The average molecular weight is 316 g/mol. The fourth-order valence-corrected chi connectivity index (χ4v) is 2.97. The van der Waals surface area contributed by atoms with Crippen LogP contribution >= 0.6 is 11.6 Å². The summed E-state index contributed by atoms with van der Waals surface area (Å²) in [7, 11) is 0. The second-order valence-electron chi connectivity index (χ2n) is 5.46. The predicted molar refractivity (Wildman–Crippen MR) is 88.2 cm³/mol. The molecule has 3 rings (SSSR count). The number of anilines is 1. The molecule has 114 valence electrons. The van der Waals surface area contributed by atoms with Crippen molar-refractivity contribution in [1.82, 2.24) is 9.88 Å². The largest absolute Gasteiger partial charge is 0.381 e. The van der Waals surface area contributed by atoms with Crippen molar-refractivity contribution < 1.29 is 4.79 Å². The summed E-state index contributed by atoms with van der Waals surface area (Å²) in [5.74, 6) is -0.0213. The van der Waals surface area contributed by atoms with Gasteiger partial charge in [-0.25, -0.2) is 0 Å². The van der Waals surface area contributed by atoms with Crippen LogP contribution in [0.4, 0.5) is 5.69 Å². The maximum atomic E-state index is 12.6. The van der Waals surface area contributed by atoms with Gasteiger partial charge in [0.25, 0.3) is 5.91 Å². The Labute approximate surface area is 135 Å². The van der Waals surface area contributed by atoms with Gasteiger partial charge in [-0.05, 0) is 31.0 Å². The van der Waals surface area contributed by atoms with E-state index in [2.05, 4.69) is 10.3 Å². The van der Waals surface area contributed by atoms with Gasteiger partial charge >= 0.3 is 0 Å². The molecular formula is C17H18ClN3O. The van der Waals surface area contributed by atoms with Gasteiger partial charge in [0.15, 0.2) is 0 Å². The van der Waals surface area contributed by atoms with Gasteiger partial charge in [-0.3, -0.25) is 9.78 Å². The first-order valence-electron chi connectivity index (χ1n) is 7.44. The highest BCUT2D eigenvalue weighted by molar-refractivity contribution is 6.33. The van der Waals surface area contributed by atoms with E-state index in [1.807, 2.05) is 35.2 Å². The van der Waals surface area contributed by atoms with E-state index in [9.17, 15) is 4.79 Å². The van der Waals surface area contributed by atoms with Crippen LogP contribution in [0.2, 0.25) is 5.02 Å². The molecule has 22 heavy (non-hydrogen) atoms. The molecular weight excluding hydrogens is 298 g/mol. The van der Waals surface area contributed by atoms with Crippen LogP contribution < -0.4 is 5.32 Å². The van der Waals surface area contributed by atoms with E-state index >= 15 is 0 Å². The summed E-state index contributed by atoms with van der Waals surface area (Å²) in [6.45, 7) is 1.46. The molecule has 1 amide bonds. The third-order valence-corrected chi connectivity index (χ3v) is 4.16. The minimum Gasteiger partial charge on any atom is -0.381 e. The number of carbonyl (C=O) groups excluding carboxylic acids is 1. The summed E-state index contributed by atoms with van der Waals surface area (Å²) in [5, 5.41) is 3.90. The van der Waals surface area contributed by atoms with E-state index in [0.717, 1.165) is 25.1 Å². The lowest BCUT2D eigenvalue weighted by Crippen LogP contribution is -2.45. The Kier molecular flexibility index (Phi) is 4.59. The van der Waals surface area contributed by atoms with Crippen molar-refractivity contribution in [3.63, 3.8) is 0 Å². The van der Waals surface area contributed by atoms with Crippen LogP contribution in [0.3, 0.4) is 0 Å². The highest BCUT2D eigenvalue weighted by Gasteiger charge is 2.25. The molecule has 1 aromatic heterocycles. The first-order chi connectivity index (χ1) is 10.7. The van der Waals surface area contributed by atoms with Crippen molar-refractivity contribution >= 4 is 23.2 Å². The van der Waals surface area contributed by atoms with E-state index in [1.165, 1.54) is 6.20 Å². The molecule has 2 aromatic rings. The minimum absolute atomic E-state index is 0.0213. The Morgan fingerprint density at radius 2 is 2.09 bits per heavy atom. The highest BCUT2D eigenvalue weighted by Crippen LogP contribution is 2.20. The van der Waals surface area contributed by atoms with Crippen molar-refractivity contribution in [3.8, 4) is 0 Å². The fourth-order valence-electron chi connectivity index (χ4n) is 2.77. The Bertz CT molecular complexity index is 647. The monoisotopic (exact) mass is 315 g/mol. The van der Waals surface area contributed by atoms with Gasteiger partial charge in [0, 0.05) is 37.2 Å². The van der Waals surface area contributed by atoms with Crippen molar-refractivity contribution in [1.29, 1.82) is 0 Å². The molecule has 0 saturated carbocycles. The topological polar surface area (TPSA) is 45.2 Å². The molecule has 1 aliphatic heterocycles. The SMILES string of the molecule is O=C(c1ccncc1Cl)N1CCC[C@@H](Nc2ccccc2)C1. The zero-order valence-corrected chi connectivity index (χ0v) is 13.0. The molecule has 1 aromatic carbocycles. The molecule has 5 heteroatoms. The van der Waals surface area contributed by atoms with Gasteiger partial charge < -0.3 is 10.2 Å². The molecule has 2 heterocycles. The lowest BCUT2D eigenvalue weighted by atomic mass is 10.0. The van der Waals surface area contributed by atoms with E-state index in [4.69, 9.17) is 11.6 Å². The smallest absolute Gasteiger partial charge is 0.255 e. The summed E-state index contributed by atoms with van der Waals surface area (Å²) in [6.07, 6.45) is 5.16. The quantitative estimate of drug-likeness (QED) is 0.943. The number of hydrogen-bond acceptors (Lipinski definition) is 3. The van der Waals surface area contributed by atoms with E-state index in [0.29, 0.717) is 17.1 Å². The number of nitrogens with zero attached hydrogens (tertiary/aromatic N) is 2. The van der Waals surface area contributed by atoms with E-state index in [1.54, 1.807) is 12.3 Å². The number of nitrogens with one attached hydrogen (secondary N) is 1. The van der Waals surface area contributed by atoms with Crippen molar-refractivity contribution in [2.75, 3.05) is 18.4 Å². The molecule has 0 spiro atoms. The molecule has 1 saturated heterocycles. The van der Waals surface area contributed by atoms with Crippen LogP contribution in [-0.4, -0.2) is 34.9 Å². The van der Waals surface area contributed by atoms with Crippen molar-refractivity contribution in [3.05, 3.63) is 59.4 Å². The Morgan fingerprint density at radius 1 is 1.27 bits per heavy atom. The van der Waals surface area contributed by atoms with E-state index in [-0.39, 0.29) is 11.9 Å². The second kappa shape index (κ2) is 6.79. The Morgan fingerprint density at radius 3 is 2.86 bits per heavy atom. The van der Waals surface area contributed by atoms with Crippen LogP contribution in [0.1, 0.15) is 23.2 Å². The lowest BCUT2D eigenvalue weighted by molar-refractivity contribution is 0.0715. The van der Waals surface area contributed by atoms with Gasteiger partial charge in [0.05, 0.1) is 10.6 Å². The van der Waals surface area contributed by atoms with Crippen molar-refractivity contribution in [2.24, 2.45) is 0 Å². The van der Waals surface area contributed by atoms with Gasteiger partial charge in [0.1, 0.15) is 0 Å². The molecule has 0 aliphatic carbocycles. The minimum atomic E-state index is -0.0213. The number of rotatable bonds is 3. The van der Waals surface area contributed by atoms with Gasteiger partial charge in [-0.2, -0.15) is 0 Å². The molecule has 1 N–H and O–H groups in total. The summed E-state index contributed by atoms with van der Waals surface area (Å²) in [5.41, 5.74) is 1.61. The van der Waals surface area contributed by atoms with Gasteiger partial charge in [0.2, 0.25) is 0 Å². The van der Waals surface area contributed by atoms with Crippen LogP contribution in [0.25, 0.3) is 0 Å². The summed E-state index contributed by atoms with van der Waals surface area (Å²) in [4.78, 5) is 18.4. The second-order valence-corrected chi connectivity index (χ2v) is 5.86. The molecule has 4 nitrogen and oxygen atoms in total. The number of para-hydroxylation sites is 1.